The first-order valence-corrected chi connectivity index (χ1v) is 0. The number of hydrogen-bond acceptors (Lipinski definition) is 0. The van der Waals surface area contributed by atoms with Gasteiger partial charge in [0, 0.05) is 0 Å². The van der Waals surface area contributed by atoms with Crippen molar-refractivity contribution < 1.29 is 5.48 Å². The first-order chi connectivity index (χ1) is 0. The Hall–Kier alpha value is 36.0. The van der Waals surface area contributed by atoms with Gasteiger partial charge >= 0.3 is 1060 Å². The van der Waals surface area contributed by atoms with Crippen molar-refractivity contribution in [3.63, 3.8) is 0 Å². The Morgan fingerprint density at radius 1 is 0.0541 bits per heavy atom. The van der Waals surface area contributed by atoms with E-state index in [1.807, 2.05) is 0 Å². The van der Waals surface area contributed by atoms with Crippen LogP contribution in [0, 0.1) is 0 Å². The normalized spacial score (nSPS) is 0. The zero-order valence-electron chi connectivity index (χ0n) is 0.500. The van der Waals surface area contributed by atoms with Gasteiger partial charge in [-0.15, -0.1) is 0 Å². The minimum atomic E-state index is 0. The van der Waals surface area contributed by atoms with Gasteiger partial charge in [-0.2, -0.15) is 0 Å². The molecule has 0 saturated heterocycles. The average molecular weight is 882 g/mol. The molecular weight excluding hydrogens is 844 g/mol. The van der Waals surface area contributed by atoms with Gasteiger partial charge in [-0.25, -0.2) is 0 Å². The molecule has 0 heterocycles. The Bertz CT molecular complexity index is 6.63. The van der Waals surface area contributed by atoms with E-state index >= 15 is 0 Å². The van der Waals surface area contributed by atoms with Gasteiger partial charge in [-0.05, 0) is 0 Å². The van der Waals surface area contributed by atoms with Crippen LogP contribution in [0.5, 0.6) is 0 Å². The van der Waals surface area contributed by atoms with Crippen LogP contribution in [0.2, 0.25) is 0 Å². The molecule has 0 atom stereocenters. The summed E-state index contributed by atoms with van der Waals surface area (Å²) < 4.78 is 0. The van der Waals surface area contributed by atoms with E-state index in [9.17, 15) is 0 Å². The van der Waals surface area contributed by atoms with Gasteiger partial charge in [0.15, 0.2) is 0 Å². The summed E-state index contributed by atoms with van der Waals surface area (Å²) in [6, 6.07) is 0. The molecule has 0 spiro atoms. The summed E-state index contributed by atoms with van der Waals surface area (Å²) in [4.78, 5) is 0. The maximum absolute atomic E-state index is 0. The van der Waals surface area contributed by atoms with E-state index in [0.29, 0.717) is 0 Å². The fourth-order valence-corrected chi connectivity index (χ4v) is 0. The summed E-state index contributed by atoms with van der Waals surface area (Å²) in [5.41, 5.74) is 0. The van der Waals surface area contributed by atoms with Gasteiger partial charge in [0.25, 0.3) is 0 Å². The van der Waals surface area contributed by atoms with Crippen LogP contribution in [0.15, 0.2) is 0 Å². The molecule has 0 saturated carbocycles. The molecule has 37 heteroatoms. The Labute approximate surface area is 1030 Å². The molecule has 1 nitrogen and oxygen atoms in total. The molecule has 80 valence electrons. The summed E-state index contributed by atoms with van der Waals surface area (Å²) in [5, 5.41) is 0. The molecule has 0 rings (SSSR count). The molecular formula is H38Na36O. The second-order valence-electron chi connectivity index (χ2n) is 0. The van der Waals surface area contributed by atoms with Crippen molar-refractivity contribution in [1.29, 1.82) is 0 Å². The van der Waals surface area contributed by atoms with Gasteiger partial charge in [-0.3, -0.25) is 0 Å². The molecule has 0 fully saturated rings. The van der Waals surface area contributed by atoms with Gasteiger partial charge in [0.1, 0.15) is 0 Å². The van der Waals surface area contributed by atoms with Crippen LogP contribution in [-0.4, -0.2) is 1070 Å². The van der Waals surface area contributed by atoms with Gasteiger partial charge in [0.2, 0.25) is 0 Å². The van der Waals surface area contributed by atoms with E-state index in [-0.39, 0.29) is 1070 Å². The van der Waals surface area contributed by atoms with Crippen molar-refractivity contribution in [1.82, 2.24) is 0 Å². The first kappa shape index (κ1) is 292. The van der Waals surface area contributed by atoms with Crippen LogP contribution in [0.4, 0.5) is 0 Å². The van der Waals surface area contributed by atoms with Crippen LogP contribution in [0.3, 0.4) is 0 Å². The Balaban J connectivity index is 0. The average Bonchev–Trinajstić information content (AvgIpc) is 0. The summed E-state index contributed by atoms with van der Waals surface area (Å²) in [6.07, 6.45) is 0. The zero-order chi connectivity index (χ0) is 0. The first-order valence-electron chi connectivity index (χ1n) is 0. The van der Waals surface area contributed by atoms with E-state index in [0.717, 1.165) is 0 Å². The van der Waals surface area contributed by atoms with Gasteiger partial charge in [-0.1, -0.05) is 0 Å². The van der Waals surface area contributed by atoms with Crippen molar-refractivity contribution in [2.75, 3.05) is 0 Å². The summed E-state index contributed by atoms with van der Waals surface area (Å²) in [7, 11) is 0. The van der Waals surface area contributed by atoms with Crippen molar-refractivity contribution in [2.24, 2.45) is 0 Å². The monoisotopic (exact) mass is 882 g/mol. The van der Waals surface area contributed by atoms with E-state index in [4.69, 9.17) is 0 Å². The van der Waals surface area contributed by atoms with Crippen molar-refractivity contribution in [3.8, 4) is 0 Å². The van der Waals surface area contributed by atoms with Crippen LogP contribution in [0.25, 0.3) is 0 Å². The summed E-state index contributed by atoms with van der Waals surface area (Å²) in [5.74, 6) is 0. The molecule has 0 aromatic heterocycles. The fraction of sp³-hybridized carbons (Fsp3) is 0. The molecule has 0 aliphatic carbocycles. The minimum absolute atomic E-state index is 0. The van der Waals surface area contributed by atoms with Crippen LogP contribution in [-0.2, 0) is 0 Å². The van der Waals surface area contributed by atoms with E-state index in [1.165, 1.54) is 0 Å². The molecule has 37 heavy (non-hydrogen) atoms. The predicted molar refractivity (Wildman–Crippen MR) is 261 cm³/mol. The number of hydrogen-bond donors (Lipinski definition) is 0. The molecule has 0 radical (unpaired) electrons. The quantitative estimate of drug-likeness (QED) is 0.217. The van der Waals surface area contributed by atoms with Crippen LogP contribution in [0.1, 0.15) is 0 Å². The Morgan fingerprint density at radius 3 is 0.0541 bits per heavy atom. The topological polar surface area (TPSA) is 31.5 Å². The molecule has 0 amide bonds. The van der Waals surface area contributed by atoms with Crippen molar-refractivity contribution >= 4 is 1060 Å². The Morgan fingerprint density at radius 2 is 0.0541 bits per heavy atom. The SMILES string of the molecule is O.[NaH].[NaH].[NaH].[NaH].[NaH].[NaH].[NaH].[NaH].[NaH].[NaH].[NaH].[NaH].[NaH].[NaH].[NaH].[NaH].[NaH].[NaH].[NaH].[NaH].[NaH].[NaH].[NaH].[NaH].[NaH].[NaH].[NaH].[NaH].[NaH].[NaH].[NaH].[NaH].[NaH].[NaH].[NaH].[NaH]. The predicted octanol–water partition coefficient (Wildman–Crippen LogP) is -24.2. The second kappa shape index (κ2) is 280. The second-order valence-corrected chi connectivity index (χ2v) is 0. The molecule has 0 aromatic carbocycles. The zero-order valence-corrected chi connectivity index (χ0v) is 0.500. The third kappa shape index (κ3) is 272. The fourth-order valence-electron chi connectivity index (χ4n) is 0. The van der Waals surface area contributed by atoms with Crippen molar-refractivity contribution in [3.05, 3.63) is 0 Å². The summed E-state index contributed by atoms with van der Waals surface area (Å²) >= 11 is 0. The third-order valence-electron chi connectivity index (χ3n) is 0. The maximum atomic E-state index is 0. The summed E-state index contributed by atoms with van der Waals surface area (Å²) in [6.45, 7) is 0. The Kier molecular flexibility index (Phi) is 2210. The van der Waals surface area contributed by atoms with E-state index < -0.39 is 0 Å². The van der Waals surface area contributed by atoms with Gasteiger partial charge in [0.05, 0.1) is 0 Å². The molecule has 0 unspecified atom stereocenters. The molecule has 0 bridgehead atoms. The molecule has 0 aliphatic heterocycles. The van der Waals surface area contributed by atoms with E-state index in [1.54, 1.807) is 0 Å². The van der Waals surface area contributed by atoms with Crippen LogP contribution >= 0.6 is 0 Å². The van der Waals surface area contributed by atoms with Crippen molar-refractivity contribution in [2.45, 2.75) is 0 Å². The third-order valence-corrected chi connectivity index (χ3v) is 0. The van der Waals surface area contributed by atoms with Crippen LogP contribution < -0.4 is 0 Å². The standard InChI is InChI=1S/36Na.H2O.36H/h;;;;;;;;;;;;;;;;;;;;;;;;;;;;;;;;;;;;1H2;;;;;;;;;;;;;;;;;;;;;;;;;;;;;;;;;;;;. The molecule has 0 aromatic rings. The number of rotatable bonds is 0. The molecule has 2 N–H and O–H groups in total. The van der Waals surface area contributed by atoms with Gasteiger partial charge < -0.3 is 5.48 Å². The molecule has 0 aliphatic rings. The van der Waals surface area contributed by atoms with E-state index in [2.05, 4.69) is 0 Å².